The fourth-order valence-corrected chi connectivity index (χ4v) is 3.14. The molecule has 2 heterocycles. The van der Waals surface area contributed by atoms with Crippen LogP contribution in [0.15, 0.2) is 23.0 Å². The number of aryl methyl sites for hydroxylation is 2. The van der Waals surface area contributed by atoms with E-state index in [0.29, 0.717) is 9.75 Å². The van der Waals surface area contributed by atoms with E-state index in [4.69, 9.17) is 4.42 Å². The van der Waals surface area contributed by atoms with Crippen LogP contribution in [0.1, 0.15) is 49.0 Å². The highest BCUT2D eigenvalue weighted by Crippen LogP contribution is 2.28. The molecule has 0 saturated heterocycles. The van der Waals surface area contributed by atoms with E-state index < -0.39 is 5.97 Å². The zero-order valence-corrected chi connectivity index (χ0v) is 12.2. The molecule has 0 aromatic carbocycles. The van der Waals surface area contributed by atoms with Crippen molar-refractivity contribution in [1.82, 2.24) is 5.32 Å². The second-order valence-electron chi connectivity index (χ2n) is 4.52. The van der Waals surface area contributed by atoms with E-state index in [1.807, 2.05) is 6.92 Å². The van der Waals surface area contributed by atoms with Gasteiger partial charge < -0.3 is 14.8 Å². The first-order valence-corrected chi connectivity index (χ1v) is 6.89. The smallest absolute Gasteiger partial charge is 0.337 e. The van der Waals surface area contributed by atoms with Gasteiger partial charge in [-0.05, 0) is 26.8 Å². The normalized spacial score (nSPS) is 12.2. The Kier molecular flexibility index (Phi) is 3.94. The van der Waals surface area contributed by atoms with E-state index in [1.165, 1.54) is 17.6 Å². The Hall–Kier alpha value is -2.08. The molecule has 2 rings (SSSR count). The molecule has 1 amide bonds. The molecule has 0 aliphatic heterocycles. The molecule has 0 unspecified atom stereocenters. The van der Waals surface area contributed by atoms with E-state index in [1.54, 1.807) is 26.2 Å². The maximum atomic E-state index is 12.3. The highest BCUT2D eigenvalue weighted by molar-refractivity contribution is 7.12. The summed E-state index contributed by atoms with van der Waals surface area (Å²) in [6, 6.07) is 1.51. The molecule has 0 saturated carbocycles. The zero-order chi connectivity index (χ0) is 14.9. The summed E-state index contributed by atoms with van der Waals surface area (Å²) in [4.78, 5) is 24.9. The van der Waals surface area contributed by atoms with Crippen LogP contribution in [-0.4, -0.2) is 17.0 Å². The molecular formula is C14H15NO4S. The van der Waals surface area contributed by atoms with Gasteiger partial charge in [0, 0.05) is 15.3 Å². The van der Waals surface area contributed by atoms with Crippen molar-refractivity contribution in [3.05, 3.63) is 45.0 Å². The predicted octanol–water partition coefficient (Wildman–Crippen LogP) is 3.15. The molecule has 0 aliphatic rings. The number of aromatic carboxylic acids is 1. The minimum absolute atomic E-state index is 0.0874. The van der Waals surface area contributed by atoms with Crippen molar-refractivity contribution in [2.45, 2.75) is 26.8 Å². The molecule has 2 N–H and O–H groups in total. The van der Waals surface area contributed by atoms with Crippen LogP contribution in [0, 0.1) is 13.8 Å². The minimum Gasteiger partial charge on any atom is -0.478 e. The molecule has 0 fully saturated rings. The number of carbonyl (C=O) groups excluding carboxylic acids is 1. The van der Waals surface area contributed by atoms with Crippen molar-refractivity contribution in [1.29, 1.82) is 0 Å². The number of carboxylic acids is 1. The molecule has 5 nitrogen and oxygen atoms in total. The first-order valence-electron chi connectivity index (χ1n) is 6.08. The third-order valence-electron chi connectivity index (χ3n) is 3.09. The molecule has 2 aromatic rings. The Morgan fingerprint density at radius 2 is 1.95 bits per heavy atom. The summed E-state index contributed by atoms with van der Waals surface area (Å²) in [6.07, 6.45) is 3.08. The topological polar surface area (TPSA) is 79.5 Å². The van der Waals surface area contributed by atoms with Gasteiger partial charge in [-0.25, -0.2) is 4.79 Å². The van der Waals surface area contributed by atoms with Gasteiger partial charge in [0.1, 0.15) is 0 Å². The number of hydrogen-bond donors (Lipinski definition) is 2. The number of amides is 1. The summed E-state index contributed by atoms with van der Waals surface area (Å²) in [5, 5.41) is 12.0. The van der Waals surface area contributed by atoms with Crippen LogP contribution < -0.4 is 5.32 Å². The molecule has 1 atom stereocenters. The quantitative estimate of drug-likeness (QED) is 0.907. The van der Waals surface area contributed by atoms with Crippen LogP contribution in [-0.2, 0) is 0 Å². The molecular weight excluding hydrogens is 278 g/mol. The predicted molar refractivity (Wildman–Crippen MR) is 75.3 cm³/mol. The maximum Gasteiger partial charge on any atom is 0.337 e. The third kappa shape index (κ3) is 2.60. The van der Waals surface area contributed by atoms with Gasteiger partial charge in [0.25, 0.3) is 5.91 Å². The van der Waals surface area contributed by atoms with E-state index in [9.17, 15) is 14.7 Å². The van der Waals surface area contributed by atoms with Crippen LogP contribution in [0.5, 0.6) is 0 Å². The standard InChI is InChI=1S/C14H15NO4S/c1-7(10-4-5-19-6-10)15-13(16)11-8(2)20-9(3)12(11)14(17)18/h4-7H,1-3H3,(H,15,16)(H,17,18)/t7-/m0/s1. The average Bonchev–Trinajstić information content (AvgIpc) is 2.96. The van der Waals surface area contributed by atoms with E-state index in [-0.39, 0.29) is 23.1 Å². The van der Waals surface area contributed by atoms with Gasteiger partial charge in [0.05, 0.1) is 29.7 Å². The van der Waals surface area contributed by atoms with Gasteiger partial charge in [-0.3, -0.25) is 4.79 Å². The largest absolute Gasteiger partial charge is 0.478 e. The van der Waals surface area contributed by atoms with Crippen molar-refractivity contribution < 1.29 is 19.1 Å². The SMILES string of the molecule is Cc1sc(C)c(C(=O)N[C@@H](C)c2ccoc2)c1C(=O)O. The number of carbonyl (C=O) groups is 2. The molecule has 0 radical (unpaired) electrons. The van der Waals surface area contributed by atoms with Crippen LogP contribution in [0.3, 0.4) is 0 Å². The zero-order valence-electron chi connectivity index (χ0n) is 11.4. The van der Waals surface area contributed by atoms with Crippen molar-refractivity contribution in [3.8, 4) is 0 Å². The molecule has 106 valence electrons. The number of hydrogen-bond acceptors (Lipinski definition) is 4. The number of nitrogens with one attached hydrogen (secondary N) is 1. The van der Waals surface area contributed by atoms with E-state index in [0.717, 1.165) is 5.56 Å². The summed E-state index contributed by atoms with van der Waals surface area (Å²) in [6.45, 7) is 5.27. The van der Waals surface area contributed by atoms with E-state index >= 15 is 0 Å². The number of furan rings is 1. The van der Waals surface area contributed by atoms with Gasteiger partial charge in [-0.1, -0.05) is 0 Å². The first-order chi connectivity index (χ1) is 9.41. The highest BCUT2D eigenvalue weighted by atomic mass is 32.1. The van der Waals surface area contributed by atoms with Gasteiger partial charge in [-0.2, -0.15) is 0 Å². The first kappa shape index (κ1) is 14.3. The van der Waals surface area contributed by atoms with Gasteiger partial charge in [0.2, 0.25) is 0 Å². The van der Waals surface area contributed by atoms with Gasteiger partial charge >= 0.3 is 5.97 Å². The molecule has 20 heavy (non-hydrogen) atoms. The maximum absolute atomic E-state index is 12.3. The average molecular weight is 293 g/mol. The van der Waals surface area contributed by atoms with Crippen LogP contribution >= 0.6 is 11.3 Å². The number of carboxylic acid groups (broad SMARTS) is 1. The lowest BCUT2D eigenvalue weighted by Gasteiger charge is -2.12. The monoisotopic (exact) mass is 293 g/mol. The number of rotatable bonds is 4. The van der Waals surface area contributed by atoms with Crippen molar-refractivity contribution in [2.75, 3.05) is 0 Å². The number of thiophene rings is 1. The second-order valence-corrected chi connectivity index (χ2v) is 5.95. The Balaban J connectivity index is 2.28. The van der Waals surface area contributed by atoms with Crippen LogP contribution in [0.4, 0.5) is 0 Å². The Labute approximate surface area is 120 Å². The fourth-order valence-electron chi connectivity index (χ4n) is 2.09. The molecule has 6 heteroatoms. The van der Waals surface area contributed by atoms with Crippen LogP contribution in [0.2, 0.25) is 0 Å². The molecule has 0 bridgehead atoms. The molecule has 0 aliphatic carbocycles. The Morgan fingerprint density at radius 3 is 2.50 bits per heavy atom. The lowest BCUT2D eigenvalue weighted by atomic mass is 10.1. The minimum atomic E-state index is -1.08. The molecule has 0 spiro atoms. The lowest BCUT2D eigenvalue weighted by Crippen LogP contribution is -2.28. The van der Waals surface area contributed by atoms with Gasteiger partial charge in [0.15, 0.2) is 0 Å². The van der Waals surface area contributed by atoms with Crippen LogP contribution in [0.25, 0.3) is 0 Å². The van der Waals surface area contributed by atoms with Gasteiger partial charge in [-0.15, -0.1) is 11.3 Å². The van der Waals surface area contributed by atoms with E-state index in [2.05, 4.69) is 5.32 Å². The van der Waals surface area contributed by atoms with Crippen molar-refractivity contribution >= 4 is 23.2 Å². The fraction of sp³-hybridized carbons (Fsp3) is 0.286. The van der Waals surface area contributed by atoms with Crippen molar-refractivity contribution in [3.63, 3.8) is 0 Å². The molecule has 2 aromatic heterocycles. The highest BCUT2D eigenvalue weighted by Gasteiger charge is 2.25. The Bertz CT molecular complexity index is 642. The second kappa shape index (κ2) is 5.50. The summed E-state index contributed by atoms with van der Waals surface area (Å²) in [7, 11) is 0. The Morgan fingerprint density at radius 1 is 1.30 bits per heavy atom. The summed E-state index contributed by atoms with van der Waals surface area (Å²) < 4.78 is 4.97. The summed E-state index contributed by atoms with van der Waals surface area (Å²) in [5.41, 5.74) is 1.17. The summed E-state index contributed by atoms with van der Waals surface area (Å²) in [5.74, 6) is -1.45. The summed E-state index contributed by atoms with van der Waals surface area (Å²) >= 11 is 1.32. The third-order valence-corrected chi connectivity index (χ3v) is 4.11. The lowest BCUT2D eigenvalue weighted by molar-refractivity contribution is 0.0690. The van der Waals surface area contributed by atoms with Crippen molar-refractivity contribution in [2.24, 2.45) is 0 Å².